The molecule has 2 amide bonds. The number of pyridine rings is 1. The molecule has 0 saturated carbocycles. The summed E-state index contributed by atoms with van der Waals surface area (Å²) in [6.07, 6.45) is 4.19. The number of carboxylic acid groups (broad SMARTS) is 1. The Balaban J connectivity index is 1.66. The van der Waals surface area contributed by atoms with Crippen LogP contribution in [0.1, 0.15) is 12.5 Å². The third-order valence-electron chi connectivity index (χ3n) is 3.32. The van der Waals surface area contributed by atoms with Crippen molar-refractivity contribution in [2.45, 2.75) is 18.9 Å². The molecule has 2 N–H and O–H groups in total. The molecule has 1 aliphatic rings. The van der Waals surface area contributed by atoms with Gasteiger partial charge in [0.25, 0.3) is 0 Å². The molecule has 2 rings (SSSR count). The molecular formula is C14H19N3O4. The minimum absolute atomic E-state index is 0.152. The van der Waals surface area contributed by atoms with Crippen molar-refractivity contribution in [2.75, 3.05) is 26.2 Å². The van der Waals surface area contributed by atoms with Gasteiger partial charge in [0.15, 0.2) is 0 Å². The van der Waals surface area contributed by atoms with E-state index < -0.39 is 11.6 Å². The molecule has 0 bridgehead atoms. The van der Waals surface area contributed by atoms with Crippen molar-refractivity contribution in [2.24, 2.45) is 0 Å². The molecule has 0 unspecified atom stereocenters. The van der Waals surface area contributed by atoms with Gasteiger partial charge in [0, 0.05) is 18.9 Å². The van der Waals surface area contributed by atoms with E-state index in [0.29, 0.717) is 19.6 Å². The molecule has 7 heteroatoms. The maximum absolute atomic E-state index is 11.9. The predicted molar refractivity (Wildman–Crippen MR) is 74.9 cm³/mol. The van der Waals surface area contributed by atoms with E-state index in [1.165, 1.54) is 0 Å². The largest absolute Gasteiger partial charge is 0.480 e. The smallest absolute Gasteiger partial charge is 0.329 e. The minimum Gasteiger partial charge on any atom is -0.480 e. The number of amides is 2. The first kappa shape index (κ1) is 15.2. The molecular weight excluding hydrogens is 274 g/mol. The Kier molecular flexibility index (Phi) is 4.74. The van der Waals surface area contributed by atoms with Crippen LogP contribution in [0.15, 0.2) is 24.5 Å². The number of carbonyl (C=O) groups is 2. The van der Waals surface area contributed by atoms with Gasteiger partial charge >= 0.3 is 12.0 Å². The Morgan fingerprint density at radius 2 is 2.10 bits per heavy atom. The van der Waals surface area contributed by atoms with Gasteiger partial charge in [-0.1, -0.05) is 0 Å². The molecule has 1 saturated heterocycles. The van der Waals surface area contributed by atoms with E-state index in [0.717, 1.165) is 12.0 Å². The quantitative estimate of drug-likeness (QED) is 0.797. The van der Waals surface area contributed by atoms with E-state index in [4.69, 9.17) is 9.84 Å². The van der Waals surface area contributed by atoms with Crippen LogP contribution in [0.25, 0.3) is 0 Å². The molecule has 0 atom stereocenters. The highest BCUT2D eigenvalue weighted by molar-refractivity contribution is 5.75. The van der Waals surface area contributed by atoms with Crippen molar-refractivity contribution in [1.82, 2.24) is 15.2 Å². The van der Waals surface area contributed by atoms with E-state index in [1.54, 1.807) is 24.2 Å². The van der Waals surface area contributed by atoms with Crippen molar-refractivity contribution >= 4 is 12.0 Å². The Hall–Kier alpha value is -2.15. The van der Waals surface area contributed by atoms with Crippen LogP contribution in [-0.2, 0) is 16.0 Å². The zero-order chi connectivity index (χ0) is 15.3. The zero-order valence-corrected chi connectivity index (χ0v) is 11.9. The molecule has 1 aromatic heterocycles. The number of aromatic nitrogens is 1. The Morgan fingerprint density at radius 1 is 1.43 bits per heavy atom. The molecule has 2 heterocycles. The number of ether oxygens (including phenoxy) is 1. The van der Waals surface area contributed by atoms with E-state index in [-0.39, 0.29) is 12.6 Å². The summed E-state index contributed by atoms with van der Waals surface area (Å²) in [4.78, 5) is 27.9. The fourth-order valence-electron chi connectivity index (χ4n) is 2.21. The maximum Gasteiger partial charge on any atom is 0.329 e. The van der Waals surface area contributed by atoms with Crippen molar-refractivity contribution < 1.29 is 19.4 Å². The van der Waals surface area contributed by atoms with Crippen LogP contribution in [-0.4, -0.2) is 58.8 Å². The van der Waals surface area contributed by atoms with E-state index in [2.05, 4.69) is 10.3 Å². The summed E-state index contributed by atoms with van der Waals surface area (Å²) >= 11 is 0. The van der Waals surface area contributed by atoms with Crippen LogP contribution in [0.3, 0.4) is 0 Å². The zero-order valence-electron chi connectivity index (χ0n) is 11.9. The number of urea groups is 1. The Morgan fingerprint density at radius 3 is 2.71 bits per heavy atom. The number of carbonyl (C=O) groups excluding carboxylic acids is 1. The first-order valence-corrected chi connectivity index (χ1v) is 6.76. The van der Waals surface area contributed by atoms with Crippen molar-refractivity contribution in [3.63, 3.8) is 0 Å². The van der Waals surface area contributed by atoms with Gasteiger partial charge in [-0.25, -0.2) is 9.59 Å². The summed E-state index contributed by atoms with van der Waals surface area (Å²) in [5.74, 6) is -1.00. The minimum atomic E-state index is -1.00. The lowest BCUT2D eigenvalue weighted by Crippen LogP contribution is -2.65. The summed E-state index contributed by atoms with van der Waals surface area (Å²) < 4.78 is 5.25. The van der Waals surface area contributed by atoms with Gasteiger partial charge in [0.05, 0.1) is 13.1 Å². The lowest BCUT2D eigenvalue weighted by Gasteiger charge is -2.46. The molecule has 114 valence electrons. The van der Waals surface area contributed by atoms with Crippen LogP contribution in [0.2, 0.25) is 0 Å². The lowest BCUT2D eigenvalue weighted by atomic mass is 9.97. The van der Waals surface area contributed by atoms with Crippen LogP contribution in [0, 0.1) is 0 Å². The first-order valence-electron chi connectivity index (χ1n) is 6.76. The third kappa shape index (κ3) is 4.42. The highest BCUT2D eigenvalue weighted by Crippen LogP contribution is 2.24. The van der Waals surface area contributed by atoms with Crippen LogP contribution < -0.4 is 5.32 Å². The number of hydrogen-bond acceptors (Lipinski definition) is 4. The lowest BCUT2D eigenvalue weighted by molar-refractivity contribution is -0.159. The van der Waals surface area contributed by atoms with Crippen molar-refractivity contribution in [1.29, 1.82) is 0 Å². The number of hydrogen-bond donors (Lipinski definition) is 2. The number of likely N-dealkylation sites (tertiary alicyclic amines) is 1. The fraction of sp³-hybridized carbons (Fsp3) is 0.500. The standard InChI is InChI=1S/C14H19N3O4/c1-14(21-8-12(18)19)9-17(10-14)13(20)16-7-4-11-2-5-15-6-3-11/h2-3,5-6H,4,7-10H2,1H3,(H,16,20)(H,18,19). The second-order valence-corrected chi connectivity index (χ2v) is 5.33. The van der Waals surface area contributed by atoms with Gasteiger partial charge in [-0.3, -0.25) is 4.98 Å². The maximum atomic E-state index is 11.9. The second-order valence-electron chi connectivity index (χ2n) is 5.33. The highest BCUT2D eigenvalue weighted by Gasteiger charge is 2.42. The molecule has 0 radical (unpaired) electrons. The summed E-state index contributed by atoms with van der Waals surface area (Å²) in [5.41, 5.74) is 0.560. The molecule has 7 nitrogen and oxygen atoms in total. The Bertz CT molecular complexity index is 500. The molecule has 0 aliphatic carbocycles. The number of nitrogens with zero attached hydrogens (tertiary/aromatic N) is 2. The van der Waals surface area contributed by atoms with Crippen LogP contribution in [0.4, 0.5) is 4.79 Å². The van der Waals surface area contributed by atoms with Gasteiger partial charge in [-0.05, 0) is 31.0 Å². The SMILES string of the molecule is CC1(OCC(=O)O)CN(C(=O)NCCc2ccncc2)C1. The molecule has 1 fully saturated rings. The summed E-state index contributed by atoms with van der Waals surface area (Å²) in [6, 6.07) is 3.67. The van der Waals surface area contributed by atoms with Gasteiger partial charge in [0.2, 0.25) is 0 Å². The third-order valence-corrected chi connectivity index (χ3v) is 3.32. The van der Waals surface area contributed by atoms with Gasteiger partial charge in [-0.15, -0.1) is 0 Å². The second kappa shape index (κ2) is 6.53. The van der Waals surface area contributed by atoms with Crippen molar-refractivity contribution in [3.05, 3.63) is 30.1 Å². The summed E-state index contributed by atoms with van der Waals surface area (Å²) in [5, 5.41) is 11.4. The number of rotatable bonds is 6. The molecule has 1 aromatic rings. The van der Waals surface area contributed by atoms with E-state index in [9.17, 15) is 9.59 Å². The average molecular weight is 293 g/mol. The molecule has 21 heavy (non-hydrogen) atoms. The number of nitrogens with one attached hydrogen (secondary N) is 1. The topological polar surface area (TPSA) is 91.8 Å². The Labute approximate surface area is 122 Å². The summed E-state index contributed by atoms with van der Waals surface area (Å²) in [6.45, 7) is 2.82. The molecule has 1 aliphatic heterocycles. The van der Waals surface area contributed by atoms with Crippen LogP contribution in [0.5, 0.6) is 0 Å². The van der Waals surface area contributed by atoms with E-state index in [1.807, 2.05) is 12.1 Å². The average Bonchev–Trinajstić information content (AvgIpc) is 2.43. The van der Waals surface area contributed by atoms with E-state index >= 15 is 0 Å². The number of aliphatic carboxylic acids is 1. The highest BCUT2D eigenvalue weighted by atomic mass is 16.5. The normalized spacial score (nSPS) is 16.1. The first-order chi connectivity index (χ1) is 9.98. The summed E-state index contributed by atoms with van der Waals surface area (Å²) in [7, 11) is 0. The monoisotopic (exact) mass is 293 g/mol. The van der Waals surface area contributed by atoms with Gasteiger partial charge in [-0.2, -0.15) is 0 Å². The molecule has 0 spiro atoms. The molecule has 0 aromatic carbocycles. The fourth-order valence-corrected chi connectivity index (χ4v) is 2.21. The van der Waals surface area contributed by atoms with Gasteiger partial charge < -0.3 is 20.1 Å². The van der Waals surface area contributed by atoms with Gasteiger partial charge in [0.1, 0.15) is 12.2 Å². The number of carboxylic acids is 1. The predicted octanol–water partition coefficient (Wildman–Crippen LogP) is 0.509. The van der Waals surface area contributed by atoms with Crippen LogP contribution >= 0.6 is 0 Å². The van der Waals surface area contributed by atoms with Crippen molar-refractivity contribution in [3.8, 4) is 0 Å².